The Hall–Kier alpha value is -1.28. The first-order chi connectivity index (χ1) is 6.90. The lowest BCUT2D eigenvalue weighted by Crippen LogP contribution is -2.19. The zero-order valence-corrected chi connectivity index (χ0v) is 8.23. The molecule has 1 aromatic carbocycles. The van der Waals surface area contributed by atoms with Crippen LogP contribution in [0.25, 0.3) is 6.08 Å². The molecule has 2 heteroatoms. The van der Waals surface area contributed by atoms with Crippen molar-refractivity contribution in [1.82, 2.24) is 0 Å². The van der Waals surface area contributed by atoms with Gasteiger partial charge >= 0.3 is 0 Å². The van der Waals surface area contributed by atoms with E-state index in [9.17, 15) is 0 Å². The maximum absolute atomic E-state index is 5.36. The van der Waals surface area contributed by atoms with Crippen molar-refractivity contribution in [1.29, 1.82) is 0 Å². The van der Waals surface area contributed by atoms with Gasteiger partial charge in [-0.2, -0.15) is 0 Å². The highest BCUT2D eigenvalue weighted by molar-refractivity contribution is 5.71. The Bertz CT molecular complexity index is 397. The molecule has 0 spiro atoms. The minimum atomic E-state index is 0.631. The molecule has 1 aliphatic heterocycles. The van der Waals surface area contributed by atoms with Crippen LogP contribution in [-0.4, -0.2) is 13.7 Å². The number of hydrogen-bond acceptors (Lipinski definition) is 2. The molecule has 0 saturated heterocycles. The molecule has 2 aliphatic rings. The number of rotatable bonds is 1. The van der Waals surface area contributed by atoms with Crippen LogP contribution in [0, 0.1) is 0 Å². The Labute approximate surface area is 83.7 Å². The van der Waals surface area contributed by atoms with E-state index in [4.69, 9.17) is 4.84 Å². The summed E-state index contributed by atoms with van der Waals surface area (Å²) in [5.74, 6) is 0.631. The van der Waals surface area contributed by atoms with Crippen LogP contribution in [0.1, 0.15) is 23.5 Å². The van der Waals surface area contributed by atoms with Gasteiger partial charge in [-0.15, -0.1) is 0 Å². The summed E-state index contributed by atoms with van der Waals surface area (Å²) in [5.41, 5.74) is 4.08. The fourth-order valence-corrected chi connectivity index (χ4v) is 2.49. The number of benzene rings is 1. The standard InChI is InChI=1S/C12H13NO/c1-14-13-8-10-6-2-4-9-5-3-7-11(13)12(9)10/h2-5,7,10H,6,8H2,1H3. The molecular formula is C12H13NO. The van der Waals surface area contributed by atoms with E-state index in [1.54, 1.807) is 7.11 Å². The zero-order valence-electron chi connectivity index (χ0n) is 8.23. The van der Waals surface area contributed by atoms with Gasteiger partial charge in [-0.05, 0) is 23.6 Å². The van der Waals surface area contributed by atoms with E-state index in [0.29, 0.717) is 5.92 Å². The van der Waals surface area contributed by atoms with E-state index >= 15 is 0 Å². The minimum Gasteiger partial charge on any atom is -0.277 e. The van der Waals surface area contributed by atoms with Crippen molar-refractivity contribution in [3.8, 4) is 0 Å². The Morgan fingerprint density at radius 1 is 1.43 bits per heavy atom. The zero-order chi connectivity index (χ0) is 9.54. The number of allylic oxidation sites excluding steroid dienone is 1. The van der Waals surface area contributed by atoms with Crippen molar-refractivity contribution in [2.75, 3.05) is 18.7 Å². The summed E-state index contributed by atoms with van der Waals surface area (Å²) in [6, 6.07) is 6.42. The highest BCUT2D eigenvalue weighted by Crippen LogP contribution is 2.43. The highest BCUT2D eigenvalue weighted by atomic mass is 16.7. The summed E-state index contributed by atoms with van der Waals surface area (Å²) in [5, 5.41) is 2.00. The van der Waals surface area contributed by atoms with Crippen LogP contribution in [0.5, 0.6) is 0 Å². The van der Waals surface area contributed by atoms with Gasteiger partial charge in [0.2, 0.25) is 0 Å². The van der Waals surface area contributed by atoms with Crippen molar-refractivity contribution >= 4 is 11.8 Å². The van der Waals surface area contributed by atoms with Gasteiger partial charge in [0, 0.05) is 5.92 Å². The van der Waals surface area contributed by atoms with E-state index in [1.165, 1.54) is 16.8 Å². The van der Waals surface area contributed by atoms with Gasteiger partial charge in [-0.1, -0.05) is 24.3 Å². The molecule has 0 radical (unpaired) electrons. The first-order valence-corrected chi connectivity index (χ1v) is 5.01. The summed E-state index contributed by atoms with van der Waals surface area (Å²) < 4.78 is 0. The van der Waals surface area contributed by atoms with E-state index in [1.807, 2.05) is 5.06 Å². The second kappa shape index (κ2) is 2.85. The molecule has 3 rings (SSSR count). The van der Waals surface area contributed by atoms with Gasteiger partial charge in [0.15, 0.2) is 0 Å². The second-order valence-corrected chi connectivity index (χ2v) is 3.86. The van der Waals surface area contributed by atoms with Gasteiger partial charge < -0.3 is 0 Å². The molecule has 0 amide bonds. The smallest absolute Gasteiger partial charge is 0.0678 e. The summed E-state index contributed by atoms with van der Waals surface area (Å²) in [6.45, 7) is 0.993. The molecule has 1 heterocycles. The van der Waals surface area contributed by atoms with E-state index in [0.717, 1.165) is 13.0 Å². The first kappa shape index (κ1) is 8.06. The number of anilines is 1. The molecule has 1 unspecified atom stereocenters. The van der Waals surface area contributed by atoms with Crippen molar-refractivity contribution in [3.63, 3.8) is 0 Å². The van der Waals surface area contributed by atoms with Crippen LogP contribution in [0.2, 0.25) is 0 Å². The Kier molecular flexibility index (Phi) is 1.64. The Balaban J connectivity index is 2.19. The van der Waals surface area contributed by atoms with Crippen LogP contribution in [0.15, 0.2) is 24.3 Å². The largest absolute Gasteiger partial charge is 0.277 e. The topological polar surface area (TPSA) is 12.5 Å². The van der Waals surface area contributed by atoms with Crippen LogP contribution in [0.4, 0.5) is 5.69 Å². The minimum absolute atomic E-state index is 0.631. The van der Waals surface area contributed by atoms with Crippen molar-refractivity contribution in [2.24, 2.45) is 0 Å². The van der Waals surface area contributed by atoms with Crippen LogP contribution in [0.3, 0.4) is 0 Å². The summed E-state index contributed by atoms with van der Waals surface area (Å²) in [7, 11) is 1.74. The molecule has 2 nitrogen and oxygen atoms in total. The molecule has 1 aromatic rings. The molecular weight excluding hydrogens is 174 g/mol. The molecule has 0 saturated carbocycles. The maximum atomic E-state index is 5.36. The van der Waals surface area contributed by atoms with Crippen LogP contribution < -0.4 is 5.06 Å². The van der Waals surface area contributed by atoms with E-state index in [2.05, 4.69) is 30.4 Å². The normalized spacial score (nSPS) is 22.6. The number of nitrogens with zero attached hydrogens (tertiary/aromatic N) is 1. The summed E-state index contributed by atoms with van der Waals surface area (Å²) in [6.07, 6.45) is 5.62. The second-order valence-electron chi connectivity index (χ2n) is 3.86. The van der Waals surface area contributed by atoms with Gasteiger partial charge in [-0.25, -0.2) is 0 Å². The highest BCUT2D eigenvalue weighted by Gasteiger charge is 2.31. The number of hydrogen-bond donors (Lipinski definition) is 0. The van der Waals surface area contributed by atoms with Gasteiger partial charge in [0.1, 0.15) is 0 Å². The average Bonchev–Trinajstić information content (AvgIpc) is 2.60. The lowest BCUT2D eigenvalue weighted by atomic mass is 9.89. The predicted molar refractivity (Wildman–Crippen MR) is 57.2 cm³/mol. The van der Waals surface area contributed by atoms with Crippen molar-refractivity contribution < 1.29 is 4.84 Å². The van der Waals surface area contributed by atoms with Crippen molar-refractivity contribution in [3.05, 3.63) is 35.4 Å². The van der Waals surface area contributed by atoms with Gasteiger partial charge in [-0.3, -0.25) is 9.90 Å². The van der Waals surface area contributed by atoms with Gasteiger partial charge in [0.25, 0.3) is 0 Å². The maximum Gasteiger partial charge on any atom is 0.0678 e. The molecule has 72 valence electrons. The molecule has 1 atom stereocenters. The van der Waals surface area contributed by atoms with E-state index < -0.39 is 0 Å². The summed E-state index contributed by atoms with van der Waals surface area (Å²) in [4.78, 5) is 5.36. The third-order valence-electron chi connectivity index (χ3n) is 3.12. The molecule has 0 fully saturated rings. The summed E-state index contributed by atoms with van der Waals surface area (Å²) >= 11 is 0. The average molecular weight is 187 g/mol. The van der Waals surface area contributed by atoms with E-state index in [-0.39, 0.29) is 0 Å². The molecule has 0 aromatic heterocycles. The molecule has 1 aliphatic carbocycles. The van der Waals surface area contributed by atoms with Crippen molar-refractivity contribution in [2.45, 2.75) is 12.3 Å². The fraction of sp³-hybridized carbons (Fsp3) is 0.333. The monoisotopic (exact) mass is 187 g/mol. The third kappa shape index (κ3) is 0.946. The third-order valence-corrected chi connectivity index (χ3v) is 3.12. The van der Waals surface area contributed by atoms with Gasteiger partial charge in [0.05, 0.1) is 19.3 Å². The Morgan fingerprint density at radius 2 is 2.36 bits per heavy atom. The lowest BCUT2D eigenvalue weighted by Gasteiger charge is -2.15. The SMILES string of the molecule is CON1CC2CC=Cc3cccc1c32. The lowest BCUT2D eigenvalue weighted by molar-refractivity contribution is 0.170. The van der Waals surface area contributed by atoms with Crippen LogP contribution >= 0.6 is 0 Å². The Morgan fingerprint density at radius 3 is 3.21 bits per heavy atom. The van der Waals surface area contributed by atoms with Crippen LogP contribution in [-0.2, 0) is 4.84 Å². The molecule has 0 N–H and O–H groups in total. The predicted octanol–water partition coefficient (Wildman–Crippen LogP) is 2.57. The first-order valence-electron chi connectivity index (χ1n) is 5.01. The molecule has 14 heavy (non-hydrogen) atoms. The molecule has 0 bridgehead atoms. The quantitative estimate of drug-likeness (QED) is 0.670. The fourth-order valence-electron chi connectivity index (χ4n) is 2.49. The number of hydroxylamine groups is 1.